The first-order valence-electron chi connectivity index (χ1n) is 8.53. The lowest BCUT2D eigenvalue weighted by Crippen LogP contribution is -2.52. The van der Waals surface area contributed by atoms with E-state index < -0.39 is 0 Å². The molecule has 25 heavy (non-hydrogen) atoms. The summed E-state index contributed by atoms with van der Waals surface area (Å²) in [5.41, 5.74) is 0.610. The van der Waals surface area contributed by atoms with Crippen molar-refractivity contribution in [3.05, 3.63) is 28.2 Å². The molecule has 0 bridgehead atoms. The fraction of sp³-hybridized carbons (Fsp3) is 0.588. The molecule has 2 heterocycles. The molecule has 2 fully saturated rings. The molecule has 2 saturated heterocycles. The Kier molecular flexibility index (Phi) is 6.78. The van der Waals surface area contributed by atoms with Crippen molar-refractivity contribution in [2.75, 3.05) is 51.4 Å². The second-order valence-corrected chi connectivity index (χ2v) is 7.12. The van der Waals surface area contributed by atoms with E-state index in [9.17, 15) is 4.79 Å². The van der Waals surface area contributed by atoms with Crippen LogP contribution in [0.25, 0.3) is 0 Å². The molecule has 6 nitrogen and oxygen atoms in total. The number of carbonyl (C=O) groups is 1. The van der Waals surface area contributed by atoms with Gasteiger partial charge in [-0.3, -0.25) is 4.90 Å². The zero-order valence-electron chi connectivity index (χ0n) is 14.0. The molecule has 0 spiro atoms. The number of rotatable bonds is 5. The molecule has 0 unspecified atom stereocenters. The van der Waals surface area contributed by atoms with Gasteiger partial charge in [-0.2, -0.15) is 0 Å². The standard InChI is InChI=1S/C17H23Cl2N3O3/c18-14-2-1-13(9-15(14)19)21-17(23)20-10-16(12-3-6-25-11-12)22-4-7-24-8-5-22/h1-2,9,12,16H,3-8,10-11H2,(H2,20,21,23)/t12-,16-/m1/s1. The normalized spacial score (nSPS) is 22.6. The summed E-state index contributed by atoms with van der Waals surface area (Å²) in [5.74, 6) is 0.434. The van der Waals surface area contributed by atoms with Gasteiger partial charge in [0.25, 0.3) is 0 Å². The smallest absolute Gasteiger partial charge is 0.319 e. The monoisotopic (exact) mass is 387 g/mol. The van der Waals surface area contributed by atoms with Gasteiger partial charge in [0.05, 0.1) is 29.9 Å². The number of benzene rings is 1. The van der Waals surface area contributed by atoms with Crippen LogP contribution in [0.3, 0.4) is 0 Å². The van der Waals surface area contributed by atoms with Crippen LogP contribution in [0.5, 0.6) is 0 Å². The summed E-state index contributed by atoms with van der Waals surface area (Å²) >= 11 is 11.9. The molecule has 2 atom stereocenters. The maximum Gasteiger partial charge on any atom is 0.319 e. The number of anilines is 1. The van der Waals surface area contributed by atoms with Crippen LogP contribution in [0.1, 0.15) is 6.42 Å². The predicted molar refractivity (Wildman–Crippen MR) is 98.6 cm³/mol. The second-order valence-electron chi connectivity index (χ2n) is 6.30. The first-order valence-corrected chi connectivity index (χ1v) is 9.28. The van der Waals surface area contributed by atoms with Gasteiger partial charge in [-0.25, -0.2) is 4.79 Å². The maximum absolute atomic E-state index is 12.2. The molecule has 2 N–H and O–H groups in total. The molecule has 1 aromatic carbocycles. The summed E-state index contributed by atoms with van der Waals surface area (Å²) in [4.78, 5) is 14.6. The van der Waals surface area contributed by atoms with E-state index in [-0.39, 0.29) is 12.1 Å². The molecule has 1 aromatic rings. The SMILES string of the molecule is O=C(NC[C@H]([C@@H]1CCOC1)N1CCOCC1)Nc1ccc(Cl)c(Cl)c1. The number of urea groups is 1. The summed E-state index contributed by atoms with van der Waals surface area (Å²) in [6.07, 6.45) is 1.03. The van der Waals surface area contributed by atoms with Gasteiger partial charge >= 0.3 is 6.03 Å². The lowest BCUT2D eigenvalue weighted by atomic mass is 9.97. The van der Waals surface area contributed by atoms with E-state index in [1.807, 2.05) is 0 Å². The molecule has 0 aliphatic carbocycles. The van der Waals surface area contributed by atoms with E-state index >= 15 is 0 Å². The van der Waals surface area contributed by atoms with Gasteiger partial charge in [-0.1, -0.05) is 23.2 Å². The molecule has 0 saturated carbocycles. The largest absolute Gasteiger partial charge is 0.381 e. The summed E-state index contributed by atoms with van der Waals surface area (Å²) in [6, 6.07) is 5.01. The second kappa shape index (κ2) is 9.05. The van der Waals surface area contributed by atoms with Gasteiger partial charge in [-0.15, -0.1) is 0 Å². The highest BCUT2D eigenvalue weighted by Gasteiger charge is 2.31. The van der Waals surface area contributed by atoms with E-state index in [4.69, 9.17) is 32.7 Å². The number of hydrogen-bond acceptors (Lipinski definition) is 4. The Morgan fingerprint density at radius 3 is 2.68 bits per heavy atom. The van der Waals surface area contributed by atoms with Crippen LogP contribution < -0.4 is 10.6 Å². The minimum Gasteiger partial charge on any atom is -0.381 e. The molecule has 2 aliphatic rings. The highest BCUT2D eigenvalue weighted by molar-refractivity contribution is 6.42. The van der Waals surface area contributed by atoms with E-state index in [0.29, 0.717) is 28.2 Å². The van der Waals surface area contributed by atoms with Crippen molar-refractivity contribution < 1.29 is 14.3 Å². The van der Waals surface area contributed by atoms with Crippen LogP contribution in [-0.4, -0.2) is 63.0 Å². The average Bonchev–Trinajstić information content (AvgIpc) is 3.14. The van der Waals surface area contributed by atoms with E-state index in [1.165, 1.54) is 0 Å². The van der Waals surface area contributed by atoms with Gasteiger partial charge in [0.2, 0.25) is 0 Å². The van der Waals surface area contributed by atoms with E-state index in [1.54, 1.807) is 18.2 Å². The Bertz CT molecular complexity index is 591. The number of hydrogen-bond donors (Lipinski definition) is 2. The van der Waals surface area contributed by atoms with Crippen LogP contribution >= 0.6 is 23.2 Å². The Morgan fingerprint density at radius 1 is 1.20 bits per heavy atom. The Hall–Kier alpha value is -1.05. The van der Waals surface area contributed by atoms with Crippen LogP contribution in [0, 0.1) is 5.92 Å². The van der Waals surface area contributed by atoms with E-state index in [2.05, 4.69) is 15.5 Å². The van der Waals surface area contributed by atoms with Crippen molar-refractivity contribution >= 4 is 34.9 Å². The summed E-state index contributed by atoms with van der Waals surface area (Å²) in [5, 5.41) is 6.64. The van der Waals surface area contributed by atoms with Gasteiger partial charge < -0.3 is 20.1 Å². The molecule has 2 amide bonds. The van der Waals surface area contributed by atoms with Gasteiger partial charge in [-0.05, 0) is 24.6 Å². The number of nitrogens with zero attached hydrogens (tertiary/aromatic N) is 1. The first kappa shape index (κ1) is 18.7. The number of nitrogens with one attached hydrogen (secondary N) is 2. The summed E-state index contributed by atoms with van der Waals surface area (Å²) in [7, 11) is 0. The van der Waals surface area contributed by atoms with Gasteiger partial charge in [0.1, 0.15) is 0 Å². The predicted octanol–water partition coefficient (Wildman–Crippen LogP) is 2.85. The zero-order valence-corrected chi connectivity index (χ0v) is 15.5. The minimum atomic E-state index is -0.254. The van der Waals surface area contributed by atoms with Crippen molar-refractivity contribution in [1.82, 2.24) is 10.2 Å². The van der Waals surface area contributed by atoms with Crippen molar-refractivity contribution in [1.29, 1.82) is 0 Å². The Labute approximate surface area is 157 Å². The van der Waals surface area contributed by atoms with Crippen molar-refractivity contribution in [3.8, 4) is 0 Å². The lowest BCUT2D eigenvalue weighted by Gasteiger charge is -2.37. The fourth-order valence-corrected chi connectivity index (χ4v) is 3.60. The molecule has 2 aliphatic heterocycles. The maximum atomic E-state index is 12.2. The van der Waals surface area contributed by atoms with Gasteiger partial charge in [0.15, 0.2) is 0 Å². The Morgan fingerprint density at radius 2 is 2.00 bits per heavy atom. The zero-order chi connectivity index (χ0) is 17.6. The van der Waals surface area contributed by atoms with Gasteiger partial charge in [0, 0.05) is 43.9 Å². The number of amides is 2. The van der Waals surface area contributed by atoms with Crippen LogP contribution in [0.15, 0.2) is 18.2 Å². The number of halogens is 2. The van der Waals surface area contributed by atoms with Crippen LogP contribution in [0.2, 0.25) is 10.0 Å². The molecular weight excluding hydrogens is 365 g/mol. The van der Waals surface area contributed by atoms with E-state index in [0.717, 1.165) is 45.9 Å². The van der Waals surface area contributed by atoms with Crippen molar-refractivity contribution in [3.63, 3.8) is 0 Å². The average molecular weight is 388 g/mol. The summed E-state index contributed by atoms with van der Waals surface area (Å²) < 4.78 is 11.0. The molecule has 3 rings (SSSR count). The molecule has 8 heteroatoms. The van der Waals surface area contributed by atoms with Crippen LogP contribution in [0.4, 0.5) is 10.5 Å². The minimum absolute atomic E-state index is 0.254. The highest BCUT2D eigenvalue weighted by atomic mass is 35.5. The highest BCUT2D eigenvalue weighted by Crippen LogP contribution is 2.25. The molecule has 0 radical (unpaired) electrons. The third-order valence-corrected chi connectivity index (χ3v) is 5.41. The number of morpholine rings is 1. The van der Waals surface area contributed by atoms with Crippen molar-refractivity contribution in [2.45, 2.75) is 12.5 Å². The number of ether oxygens (including phenoxy) is 2. The first-order chi connectivity index (χ1) is 12.1. The van der Waals surface area contributed by atoms with Crippen molar-refractivity contribution in [2.24, 2.45) is 5.92 Å². The third-order valence-electron chi connectivity index (χ3n) is 4.67. The quantitative estimate of drug-likeness (QED) is 0.815. The third kappa shape index (κ3) is 5.21. The van der Waals surface area contributed by atoms with Crippen LogP contribution in [-0.2, 0) is 9.47 Å². The number of carbonyl (C=O) groups excluding carboxylic acids is 1. The molecule has 138 valence electrons. The lowest BCUT2D eigenvalue weighted by molar-refractivity contribution is 0.00222. The topological polar surface area (TPSA) is 62.8 Å². The fourth-order valence-electron chi connectivity index (χ4n) is 3.31. The summed E-state index contributed by atoms with van der Waals surface area (Å²) in [6.45, 7) is 5.36. The Balaban J connectivity index is 1.55. The molecular formula is C17H23Cl2N3O3. The molecule has 0 aromatic heterocycles.